The number of tetrazole rings is 2. The predicted molar refractivity (Wildman–Crippen MR) is 115 cm³/mol. The smallest absolute Gasteiger partial charge is 0.435 e. The van der Waals surface area contributed by atoms with Crippen molar-refractivity contribution in [3.8, 4) is 0 Å². The Hall–Kier alpha value is -3.83. The second-order valence-corrected chi connectivity index (χ2v) is 8.03. The van der Waals surface area contributed by atoms with Gasteiger partial charge in [-0.15, -0.1) is 22.0 Å². The maximum absolute atomic E-state index is 13.3. The van der Waals surface area contributed by atoms with Crippen LogP contribution in [0.5, 0.6) is 0 Å². The van der Waals surface area contributed by atoms with Gasteiger partial charge in [-0.05, 0) is 41.6 Å². The van der Waals surface area contributed by atoms with Crippen LogP contribution in [0.15, 0.2) is 17.1 Å². The highest BCUT2D eigenvalue weighted by molar-refractivity contribution is 7.97. The number of thioether (sulfide) groups is 1. The molecule has 1 amide bonds. The van der Waals surface area contributed by atoms with Gasteiger partial charge in [-0.1, -0.05) is 0 Å². The number of carbonyl (C=O) groups is 2. The minimum Gasteiger partial charge on any atom is -0.435 e. The molecule has 0 aliphatic rings. The first-order valence-corrected chi connectivity index (χ1v) is 11.4. The van der Waals surface area contributed by atoms with Gasteiger partial charge in [-0.3, -0.25) is 4.79 Å². The number of nitrogens with zero attached hydrogens (tertiary/aromatic N) is 10. The lowest BCUT2D eigenvalue weighted by Crippen LogP contribution is -2.31. The van der Waals surface area contributed by atoms with Crippen molar-refractivity contribution >= 4 is 23.8 Å². The molecule has 3 aromatic rings. The van der Waals surface area contributed by atoms with E-state index in [0.29, 0.717) is 11.9 Å². The molecule has 0 bridgehead atoms. The van der Waals surface area contributed by atoms with Crippen LogP contribution in [0.4, 0.5) is 18.0 Å². The van der Waals surface area contributed by atoms with Crippen LogP contribution >= 0.6 is 11.8 Å². The predicted octanol–water partition coefficient (Wildman–Crippen LogP) is 1.42. The molecule has 0 aliphatic carbocycles. The van der Waals surface area contributed by atoms with E-state index in [0.717, 1.165) is 27.2 Å². The molecule has 0 spiro atoms. The second-order valence-electron chi connectivity index (χ2n) is 7.04. The lowest BCUT2D eigenvalue weighted by molar-refractivity contribution is -0.141. The van der Waals surface area contributed by atoms with Crippen molar-refractivity contribution in [1.82, 2.24) is 45.0 Å². The minimum atomic E-state index is -4.71. The Morgan fingerprint density at radius 1 is 1.17 bits per heavy atom. The Morgan fingerprint density at radius 2 is 1.92 bits per heavy atom. The maximum Gasteiger partial charge on any atom is 0.510 e. The number of hydrogen-bond acceptors (Lipinski definition) is 11. The number of halogens is 3. The summed E-state index contributed by atoms with van der Waals surface area (Å²) in [6, 6.07) is 1.70. The third kappa shape index (κ3) is 6.64. The van der Waals surface area contributed by atoms with Gasteiger partial charge in [0.2, 0.25) is 6.23 Å². The molecule has 36 heavy (non-hydrogen) atoms. The zero-order valence-corrected chi connectivity index (χ0v) is 20.3. The average Bonchev–Trinajstić information content (AvgIpc) is 3.38. The summed E-state index contributed by atoms with van der Waals surface area (Å²) in [5.41, 5.74) is -1.57. The van der Waals surface area contributed by atoms with Gasteiger partial charge in [-0.2, -0.15) is 27.6 Å². The number of hydrogen-bond donors (Lipinski definition) is 0. The van der Waals surface area contributed by atoms with E-state index in [1.54, 1.807) is 14.0 Å². The molecule has 0 radical (unpaired) electrons. The molecule has 3 heterocycles. The van der Waals surface area contributed by atoms with Gasteiger partial charge in [-0.25, -0.2) is 14.5 Å². The summed E-state index contributed by atoms with van der Waals surface area (Å²) in [5, 5.41) is 19.0. The van der Waals surface area contributed by atoms with E-state index in [4.69, 9.17) is 9.47 Å². The molecule has 0 aliphatic heterocycles. The van der Waals surface area contributed by atoms with Gasteiger partial charge in [0.25, 0.3) is 11.5 Å². The van der Waals surface area contributed by atoms with Crippen LogP contribution in [0.1, 0.15) is 47.6 Å². The SMILES string of the molecule is CCOC(=O)OC(C)n1nnn(C)c1=NC(=O)c1ccc(C(F)(F)F)nc1CSCc1nnn(C)n1. The Labute approximate surface area is 205 Å². The van der Waals surface area contributed by atoms with E-state index in [-0.39, 0.29) is 35.0 Å². The van der Waals surface area contributed by atoms with Crippen molar-refractivity contribution in [2.24, 2.45) is 19.1 Å². The molecule has 194 valence electrons. The van der Waals surface area contributed by atoms with Gasteiger partial charge in [0.1, 0.15) is 5.69 Å². The number of aryl methyl sites for hydroxylation is 2. The highest BCUT2D eigenvalue weighted by Crippen LogP contribution is 2.29. The highest BCUT2D eigenvalue weighted by atomic mass is 32.2. The van der Waals surface area contributed by atoms with Crippen molar-refractivity contribution in [2.75, 3.05) is 6.61 Å². The summed E-state index contributed by atoms with van der Waals surface area (Å²) >= 11 is 1.15. The zero-order valence-electron chi connectivity index (χ0n) is 19.5. The standard InChI is InChI=1S/C18H21F3N10O4S/c1-5-34-17(33)35-10(2)31-16(29(3)27-28-31)23-15(32)11-6-7-13(18(19,20)21)22-12(11)8-36-9-14-24-26-30(4)25-14/h6-7,10H,5,8-9H2,1-4H3. The van der Waals surface area contributed by atoms with Crippen LogP contribution < -0.4 is 5.62 Å². The third-order valence-electron chi connectivity index (χ3n) is 4.35. The summed E-state index contributed by atoms with van der Waals surface area (Å²) in [6.07, 6.45) is -6.73. The van der Waals surface area contributed by atoms with E-state index in [1.807, 2.05) is 0 Å². The number of pyridine rings is 1. The molecular weight excluding hydrogens is 509 g/mol. The summed E-state index contributed by atoms with van der Waals surface area (Å²) in [7, 11) is 3.01. The lowest BCUT2D eigenvalue weighted by atomic mass is 10.1. The van der Waals surface area contributed by atoms with Crippen molar-refractivity contribution in [2.45, 2.75) is 37.8 Å². The fourth-order valence-electron chi connectivity index (χ4n) is 2.77. The van der Waals surface area contributed by atoms with Crippen LogP contribution in [0.2, 0.25) is 0 Å². The number of carbonyl (C=O) groups excluding carboxylic acids is 2. The van der Waals surface area contributed by atoms with Crippen LogP contribution in [-0.2, 0) is 41.3 Å². The normalized spacial score (nSPS) is 13.0. The lowest BCUT2D eigenvalue weighted by Gasteiger charge is -2.12. The second kappa shape index (κ2) is 11.3. The third-order valence-corrected chi connectivity index (χ3v) is 5.29. The Kier molecular flexibility index (Phi) is 8.38. The minimum absolute atomic E-state index is 0.0647. The number of alkyl halides is 3. The first-order valence-electron chi connectivity index (χ1n) is 10.3. The topological polar surface area (TPSA) is 157 Å². The van der Waals surface area contributed by atoms with Crippen molar-refractivity contribution < 1.29 is 32.2 Å². The van der Waals surface area contributed by atoms with E-state index >= 15 is 0 Å². The van der Waals surface area contributed by atoms with E-state index in [9.17, 15) is 22.8 Å². The van der Waals surface area contributed by atoms with Crippen molar-refractivity contribution in [1.29, 1.82) is 0 Å². The molecule has 1 unspecified atom stereocenters. The first-order chi connectivity index (χ1) is 17.0. The van der Waals surface area contributed by atoms with Crippen molar-refractivity contribution in [3.05, 3.63) is 40.5 Å². The summed E-state index contributed by atoms with van der Waals surface area (Å²) < 4.78 is 51.7. The Bertz CT molecular complexity index is 1300. The molecule has 3 rings (SSSR count). The van der Waals surface area contributed by atoms with Gasteiger partial charge in [0.15, 0.2) is 5.82 Å². The molecular formula is C18H21F3N10O4S. The largest absolute Gasteiger partial charge is 0.510 e. The molecule has 18 heteroatoms. The average molecular weight is 530 g/mol. The first kappa shape index (κ1) is 26.8. The highest BCUT2D eigenvalue weighted by Gasteiger charge is 2.33. The van der Waals surface area contributed by atoms with Crippen LogP contribution in [0, 0.1) is 0 Å². The molecule has 0 saturated carbocycles. The molecule has 0 fully saturated rings. The monoisotopic (exact) mass is 530 g/mol. The fourth-order valence-corrected chi connectivity index (χ4v) is 3.58. The Morgan fingerprint density at radius 3 is 2.56 bits per heavy atom. The van der Waals surface area contributed by atoms with Crippen molar-refractivity contribution in [3.63, 3.8) is 0 Å². The van der Waals surface area contributed by atoms with Gasteiger partial charge in [0, 0.05) is 12.8 Å². The van der Waals surface area contributed by atoms with Crippen LogP contribution in [0.25, 0.3) is 0 Å². The number of rotatable bonds is 8. The molecule has 0 aromatic carbocycles. The van der Waals surface area contributed by atoms with E-state index in [2.05, 4.69) is 35.8 Å². The molecule has 0 saturated heterocycles. The van der Waals surface area contributed by atoms with Crippen LogP contribution in [-0.4, -0.2) is 63.7 Å². The van der Waals surface area contributed by atoms with Gasteiger partial charge < -0.3 is 9.47 Å². The number of amides is 1. The van der Waals surface area contributed by atoms with Crippen LogP contribution in [0.3, 0.4) is 0 Å². The zero-order chi connectivity index (χ0) is 26.5. The van der Waals surface area contributed by atoms with E-state index < -0.39 is 30.2 Å². The summed E-state index contributed by atoms with van der Waals surface area (Å²) in [5.74, 6) is -0.369. The molecule has 1 atom stereocenters. The fraction of sp³-hybridized carbons (Fsp3) is 0.500. The molecule has 14 nitrogen and oxygen atoms in total. The Balaban J connectivity index is 1.91. The summed E-state index contributed by atoms with van der Waals surface area (Å²) in [4.78, 5) is 33.5. The van der Waals surface area contributed by atoms with Gasteiger partial charge >= 0.3 is 12.3 Å². The van der Waals surface area contributed by atoms with E-state index in [1.165, 1.54) is 18.8 Å². The summed E-state index contributed by atoms with van der Waals surface area (Å²) in [6.45, 7) is 3.12. The maximum atomic E-state index is 13.3. The van der Waals surface area contributed by atoms with Gasteiger partial charge in [0.05, 0.1) is 30.7 Å². The number of aromatic nitrogens is 9. The quantitative estimate of drug-likeness (QED) is 0.388. The molecule has 3 aromatic heterocycles. The molecule has 0 N–H and O–H groups in total. The number of ether oxygens (including phenoxy) is 2.